The van der Waals surface area contributed by atoms with Gasteiger partial charge in [-0.3, -0.25) is 9.59 Å². The maximum atomic E-state index is 12.2. The Labute approximate surface area is 139 Å². The van der Waals surface area contributed by atoms with Crippen molar-refractivity contribution in [3.05, 3.63) is 64.6 Å². The molecule has 1 heterocycles. The average molecular weight is 322 g/mol. The van der Waals surface area contributed by atoms with Gasteiger partial charge in [-0.25, -0.2) is 0 Å². The summed E-state index contributed by atoms with van der Waals surface area (Å²) < 4.78 is 4.80. The number of hydrogen-bond donors (Lipinski definition) is 2. The van der Waals surface area contributed by atoms with Crippen molar-refractivity contribution >= 4 is 22.4 Å². The summed E-state index contributed by atoms with van der Waals surface area (Å²) >= 11 is 0. The molecule has 5 nitrogen and oxygen atoms in total. The molecule has 0 atom stereocenters. The van der Waals surface area contributed by atoms with Gasteiger partial charge in [0.25, 0.3) is 5.56 Å². The number of aryl methyl sites for hydroxylation is 1. The Hall–Kier alpha value is -2.92. The van der Waals surface area contributed by atoms with Crippen molar-refractivity contribution in [2.24, 2.45) is 0 Å². The van der Waals surface area contributed by atoms with E-state index in [0.29, 0.717) is 11.1 Å². The van der Waals surface area contributed by atoms with Crippen LogP contribution >= 0.6 is 0 Å². The lowest BCUT2D eigenvalue weighted by atomic mass is 9.97. The third-order valence-corrected chi connectivity index (χ3v) is 3.90. The lowest BCUT2D eigenvalue weighted by Gasteiger charge is -2.11. The first-order valence-electron chi connectivity index (χ1n) is 7.60. The fourth-order valence-electron chi connectivity index (χ4n) is 2.76. The molecular weight excluding hydrogens is 304 g/mol. The Morgan fingerprint density at radius 2 is 1.92 bits per heavy atom. The molecule has 0 bridgehead atoms. The van der Waals surface area contributed by atoms with E-state index in [9.17, 15) is 9.59 Å². The third kappa shape index (κ3) is 3.07. The Balaban J connectivity index is 2.12. The number of ether oxygens (including phenoxy) is 1. The van der Waals surface area contributed by atoms with Gasteiger partial charge in [-0.05, 0) is 35.6 Å². The van der Waals surface area contributed by atoms with Crippen molar-refractivity contribution < 1.29 is 9.53 Å². The fourth-order valence-corrected chi connectivity index (χ4v) is 2.76. The molecule has 0 fully saturated rings. The van der Waals surface area contributed by atoms with Gasteiger partial charge in [-0.2, -0.15) is 0 Å². The molecule has 3 aromatic rings. The molecule has 1 aromatic heterocycles. The van der Waals surface area contributed by atoms with E-state index < -0.39 is 0 Å². The highest BCUT2D eigenvalue weighted by Gasteiger charge is 2.10. The highest BCUT2D eigenvalue weighted by atomic mass is 16.5. The Morgan fingerprint density at radius 1 is 1.12 bits per heavy atom. The van der Waals surface area contributed by atoms with Gasteiger partial charge in [0.15, 0.2) is 0 Å². The van der Waals surface area contributed by atoms with E-state index in [1.54, 1.807) is 18.3 Å². The molecule has 2 N–H and O–H groups in total. The molecule has 0 aliphatic heterocycles. The smallest absolute Gasteiger partial charge is 0.255 e. The molecule has 1 amide bonds. The minimum absolute atomic E-state index is 0.0301. The zero-order valence-corrected chi connectivity index (χ0v) is 13.6. The van der Waals surface area contributed by atoms with Crippen LogP contribution in [-0.2, 0) is 9.53 Å². The Morgan fingerprint density at radius 3 is 2.67 bits per heavy atom. The van der Waals surface area contributed by atoms with E-state index in [0.717, 1.165) is 22.1 Å². The lowest BCUT2D eigenvalue weighted by Crippen LogP contribution is -2.17. The van der Waals surface area contributed by atoms with Crippen molar-refractivity contribution in [3.63, 3.8) is 0 Å². The first-order chi connectivity index (χ1) is 11.6. The summed E-state index contributed by atoms with van der Waals surface area (Å²) in [6.45, 7) is 2.00. The first kappa shape index (κ1) is 16.0. The molecule has 2 aromatic carbocycles. The maximum Gasteiger partial charge on any atom is 0.255 e. The monoisotopic (exact) mass is 322 g/mol. The number of aromatic amines is 1. The molecular formula is C19H18N2O3. The second-order valence-corrected chi connectivity index (χ2v) is 5.59. The van der Waals surface area contributed by atoms with Gasteiger partial charge in [0.1, 0.15) is 6.61 Å². The van der Waals surface area contributed by atoms with Crippen molar-refractivity contribution in [1.29, 1.82) is 0 Å². The first-order valence-corrected chi connectivity index (χ1v) is 7.60. The number of aromatic nitrogens is 1. The third-order valence-electron chi connectivity index (χ3n) is 3.90. The summed E-state index contributed by atoms with van der Waals surface area (Å²) in [6.07, 6.45) is 1.73. The van der Waals surface area contributed by atoms with Crippen LogP contribution in [0.15, 0.2) is 53.5 Å². The molecule has 122 valence electrons. The number of nitrogens with one attached hydrogen (secondary N) is 2. The van der Waals surface area contributed by atoms with Gasteiger partial charge < -0.3 is 15.0 Å². The van der Waals surface area contributed by atoms with Gasteiger partial charge in [-0.15, -0.1) is 0 Å². The number of methoxy groups -OCH3 is 1. The van der Waals surface area contributed by atoms with Crippen LogP contribution in [0, 0.1) is 6.92 Å². The molecule has 0 unspecified atom stereocenters. The molecule has 0 spiro atoms. The highest BCUT2D eigenvalue weighted by molar-refractivity contribution is 6.00. The lowest BCUT2D eigenvalue weighted by molar-refractivity contribution is -0.119. The zero-order chi connectivity index (χ0) is 17.1. The number of hydrogen-bond acceptors (Lipinski definition) is 3. The number of H-pyrrole nitrogens is 1. The predicted octanol–water partition coefficient (Wildman–Crippen LogP) is 3.09. The molecule has 0 saturated carbocycles. The Kier molecular flexibility index (Phi) is 4.44. The van der Waals surface area contributed by atoms with Gasteiger partial charge >= 0.3 is 0 Å². The molecule has 3 rings (SSSR count). The number of benzene rings is 2. The van der Waals surface area contributed by atoms with E-state index in [2.05, 4.69) is 10.3 Å². The molecule has 0 saturated heterocycles. The molecule has 0 radical (unpaired) electrons. The molecule has 0 aliphatic carbocycles. The average Bonchev–Trinajstić information content (AvgIpc) is 2.57. The maximum absolute atomic E-state index is 12.2. The van der Waals surface area contributed by atoms with Crippen LogP contribution in [0.2, 0.25) is 0 Å². The molecule has 5 heteroatoms. The summed E-state index contributed by atoms with van der Waals surface area (Å²) in [5.74, 6) is -0.261. The standard InChI is InChI=1S/C19H18N2O3/c1-12-5-3-4-6-14(12)17-10-20-19(23)16-9-13(7-8-15(16)17)21-18(22)11-24-2/h3-10H,11H2,1-2H3,(H,20,23)(H,21,22). The second kappa shape index (κ2) is 6.68. The van der Waals surface area contributed by atoms with Crippen molar-refractivity contribution in [2.45, 2.75) is 6.92 Å². The number of amides is 1. The minimum Gasteiger partial charge on any atom is -0.375 e. The van der Waals surface area contributed by atoms with Crippen LogP contribution < -0.4 is 10.9 Å². The summed E-state index contributed by atoms with van der Waals surface area (Å²) in [6, 6.07) is 13.3. The van der Waals surface area contributed by atoms with E-state index in [4.69, 9.17) is 4.74 Å². The number of pyridine rings is 1. The SMILES string of the molecule is COCC(=O)Nc1ccc2c(-c3ccccc3C)c[nH]c(=O)c2c1. The quantitative estimate of drug-likeness (QED) is 0.775. The highest BCUT2D eigenvalue weighted by Crippen LogP contribution is 2.29. The van der Waals surface area contributed by atoms with Gasteiger partial charge in [0, 0.05) is 29.9 Å². The Bertz CT molecular complexity index is 960. The predicted molar refractivity (Wildman–Crippen MR) is 95.2 cm³/mol. The second-order valence-electron chi connectivity index (χ2n) is 5.59. The summed E-state index contributed by atoms with van der Waals surface area (Å²) in [5, 5.41) is 4.09. The van der Waals surface area contributed by atoms with Crippen molar-refractivity contribution in [3.8, 4) is 11.1 Å². The van der Waals surface area contributed by atoms with Crippen LogP contribution in [0.4, 0.5) is 5.69 Å². The summed E-state index contributed by atoms with van der Waals surface area (Å²) in [5.41, 5.74) is 3.53. The summed E-state index contributed by atoms with van der Waals surface area (Å²) in [4.78, 5) is 26.6. The number of rotatable bonds is 4. The van der Waals surface area contributed by atoms with Gasteiger partial charge in [0.05, 0.1) is 0 Å². The molecule has 0 aliphatic rings. The largest absolute Gasteiger partial charge is 0.375 e. The summed E-state index contributed by atoms with van der Waals surface area (Å²) in [7, 11) is 1.46. The van der Waals surface area contributed by atoms with Crippen LogP contribution in [-0.4, -0.2) is 24.6 Å². The van der Waals surface area contributed by atoms with E-state index in [1.807, 2.05) is 37.3 Å². The van der Waals surface area contributed by atoms with Gasteiger partial charge in [0.2, 0.25) is 5.91 Å². The number of carbonyl (C=O) groups is 1. The van der Waals surface area contributed by atoms with E-state index in [1.165, 1.54) is 7.11 Å². The van der Waals surface area contributed by atoms with Crippen LogP contribution in [0.3, 0.4) is 0 Å². The van der Waals surface area contributed by atoms with Gasteiger partial charge in [-0.1, -0.05) is 30.3 Å². The van der Waals surface area contributed by atoms with Crippen molar-refractivity contribution in [2.75, 3.05) is 19.0 Å². The normalized spacial score (nSPS) is 10.8. The van der Waals surface area contributed by atoms with Crippen LogP contribution in [0.1, 0.15) is 5.56 Å². The van der Waals surface area contributed by atoms with Crippen molar-refractivity contribution in [1.82, 2.24) is 4.98 Å². The topological polar surface area (TPSA) is 71.2 Å². The molecule has 24 heavy (non-hydrogen) atoms. The van der Waals surface area contributed by atoms with Crippen LogP contribution in [0.5, 0.6) is 0 Å². The number of carbonyl (C=O) groups excluding carboxylic acids is 1. The van der Waals surface area contributed by atoms with Crippen LogP contribution in [0.25, 0.3) is 21.9 Å². The number of anilines is 1. The number of fused-ring (bicyclic) bond motifs is 1. The van der Waals surface area contributed by atoms with E-state index in [-0.39, 0.29) is 18.1 Å². The minimum atomic E-state index is -0.261. The van der Waals surface area contributed by atoms with E-state index >= 15 is 0 Å². The zero-order valence-electron chi connectivity index (χ0n) is 13.6. The fraction of sp³-hybridized carbons (Fsp3) is 0.158.